The third kappa shape index (κ3) is 3.81. The summed E-state index contributed by atoms with van der Waals surface area (Å²) in [4.78, 5) is 10.7. The number of nitrogens with zero attached hydrogens (tertiary/aromatic N) is 6. The van der Waals surface area contributed by atoms with Crippen molar-refractivity contribution in [2.45, 2.75) is 4.90 Å². The molecule has 1 saturated heterocycles. The van der Waals surface area contributed by atoms with E-state index in [9.17, 15) is 8.42 Å². The summed E-state index contributed by atoms with van der Waals surface area (Å²) in [6.45, 7) is 1.68. The van der Waals surface area contributed by atoms with E-state index in [0.29, 0.717) is 37.7 Å². The molecule has 1 aliphatic rings. The van der Waals surface area contributed by atoms with Crippen molar-refractivity contribution in [1.29, 1.82) is 0 Å². The second-order valence-electron chi connectivity index (χ2n) is 6.59. The summed E-state index contributed by atoms with van der Waals surface area (Å²) in [5.74, 6) is 2.18. The van der Waals surface area contributed by atoms with E-state index in [-0.39, 0.29) is 10.6 Å². The zero-order valence-electron chi connectivity index (χ0n) is 16.7. The van der Waals surface area contributed by atoms with Crippen molar-refractivity contribution in [2.75, 3.05) is 45.3 Å². The number of methoxy groups -OCH3 is 2. The van der Waals surface area contributed by atoms with Crippen LogP contribution < -0.4 is 14.4 Å². The zero-order chi connectivity index (χ0) is 21.1. The number of aromatic nitrogens is 4. The van der Waals surface area contributed by atoms with E-state index in [0.717, 1.165) is 5.82 Å². The fourth-order valence-corrected chi connectivity index (χ4v) is 4.88. The largest absolute Gasteiger partial charge is 0.497 e. The van der Waals surface area contributed by atoms with E-state index in [2.05, 4.69) is 15.1 Å². The highest BCUT2D eigenvalue weighted by atomic mass is 32.2. The van der Waals surface area contributed by atoms with Crippen LogP contribution in [0.25, 0.3) is 5.82 Å². The quantitative estimate of drug-likeness (QED) is 0.575. The second kappa shape index (κ2) is 8.28. The van der Waals surface area contributed by atoms with Crippen LogP contribution in [-0.2, 0) is 10.0 Å². The van der Waals surface area contributed by atoms with Crippen LogP contribution in [0.2, 0.25) is 0 Å². The van der Waals surface area contributed by atoms with Gasteiger partial charge in [0.25, 0.3) is 0 Å². The molecule has 0 saturated carbocycles. The van der Waals surface area contributed by atoms with Crippen molar-refractivity contribution in [3.05, 3.63) is 49.1 Å². The lowest BCUT2D eigenvalue weighted by molar-refractivity contribution is 0.369. The maximum absolute atomic E-state index is 13.2. The molecule has 0 bridgehead atoms. The maximum Gasteiger partial charge on any atom is 0.246 e. The molecule has 0 N–H and O–H groups in total. The third-order valence-electron chi connectivity index (χ3n) is 4.93. The average molecular weight is 430 g/mol. The van der Waals surface area contributed by atoms with Crippen LogP contribution >= 0.6 is 0 Å². The van der Waals surface area contributed by atoms with Gasteiger partial charge in [-0.15, -0.1) is 0 Å². The Balaban J connectivity index is 1.50. The van der Waals surface area contributed by atoms with E-state index >= 15 is 0 Å². The van der Waals surface area contributed by atoms with Crippen molar-refractivity contribution in [2.24, 2.45) is 0 Å². The summed E-state index contributed by atoms with van der Waals surface area (Å²) < 4.78 is 39.9. The lowest BCUT2D eigenvalue weighted by atomic mass is 10.3. The van der Waals surface area contributed by atoms with E-state index in [4.69, 9.17) is 9.47 Å². The fraction of sp³-hybridized carbons (Fsp3) is 0.316. The predicted molar refractivity (Wildman–Crippen MR) is 110 cm³/mol. The molecule has 1 aliphatic heterocycles. The smallest absolute Gasteiger partial charge is 0.246 e. The first-order valence-electron chi connectivity index (χ1n) is 9.32. The van der Waals surface area contributed by atoms with E-state index in [1.165, 1.54) is 30.9 Å². The monoisotopic (exact) mass is 430 g/mol. The molecule has 11 heteroatoms. The molecule has 2 aromatic heterocycles. The predicted octanol–water partition coefficient (Wildman–Crippen LogP) is 1.19. The SMILES string of the molecule is COc1ccc(S(=O)(=O)N2CCN(c3cc(-n4cccn4)ncn3)CC2)c(OC)c1. The first-order chi connectivity index (χ1) is 14.5. The second-order valence-corrected chi connectivity index (χ2v) is 8.50. The Morgan fingerprint density at radius 1 is 0.967 bits per heavy atom. The Bertz CT molecular complexity index is 1110. The van der Waals surface area contributed by atoms with Crippen molar-refractivity contribution in [3.8, 4) is 17.3 Å². The van der Waals surface area contributed by atoms with Gasteiger partial charge in [0.15, 0.2) is 5.82 Å². The number of hydrogen-bond acceptors (Lipinski definition) is 8. The molecule has 0 amide bonds. The zero-order valence-corrected chi connectivity index (χ0v) is 17.5. The summed E-state index contributed by atoms with van der Waals surface area (Å²) in [6, 6.07) is 8.35. The van der Waals surface area contributed by atoms with Crippen molar-refractivity contribution < 1.29 is 17.9 Å². The van der Waals surface area contributed by atoms with Gasteiger partial charge in [0.1, 0.15) is 28.5 Å². The fourth-order valence-electron chi connectivity index (χ4n) is 3.32. The number of sulfonamides is 1. The molecule has 3 heterocycles. The molecule has 158 valence electrons. The van der Waals surface area contributed by atoms with Crippen LogP contribution in [0.5, 0.6) is 11.5 Å². The molecule has 0 radical (unpaired) electrons. The van der Waals surface area contributed by atoms with Gasteiger partial charge in [0.2, 0.25) is 10.0 Å². The molecule has 0 atom stereocenters. The number of rotatable bonds is 6. The van der Waals surface area contributed by atoms with E-state index in [1.54, 1.807) is 29.2 Å². The molecule has 0 aliphatic carbocycles. The minimum Gasteiger partial charge on any atom is -0.497 e. The highest BCUT2D eigenvalue weighted by Crippen LogP contribution is 2.31. The molecule has 1 aromatic carbocycles. The first kappa shape index (κ1) is 20.1. The van der Waals surface area contributed by atoms with Crippen LogP contribution in [0.3, 0.4) is 0 Å². The summed E-state index contributed by atoms with van der Waals surface area (Å²) >= 11 is 0. The number of hydrogen-bond donors (Lipinski definition) is 0. The molecule has 3 aromatic rings. The van der Waals surface area contributed by atoms with Gasteiger partial charge in [-0.3, -0.25) is 0 Å². The first-order valence-corrected chi connectivity index (χ1v) is 10.8. The van der Waals surface area contributed by atoms with Gasteiger partial charge in [0, 0.05) is 50.7 Å². The minimum absolute atomic E-state index is 0.127. The topological polar surface area (TPSA) is 103 Å². The molecule has 1 fully saturated rings. The summed E-state index contributed by atoms with van der Waals surface area (Å²) in [5, 5.41) is 4.18. The van der Waals surface area contributed by atoms with E-state index in [1.807, 2.05) is 17.0 Å². The van der Waals surface area contributed by atoms with Crippen LogP contribution in [0, 0.1) is 0 Å². The summed E-state index contributed by atoms with van der Waals surface area (Å²) in [5.41, 5.74) is 0. The summed E-state index contributed by atoms with van der Waals surface area (Å²) in [7, 11) is -0.736. The highest BCUT2D eigenvalue weighted by molar-refractivity contribution is 7.89. The number of piperazine rings is 1. The van der Waals surface area contributed by atoms with Gasteiger partial charge >= 0.3 is 0 Å². The lowest BCUT2D eigenvalue weighted by Gasteiger charge is -2.34. The average Bonchev–Trinajstić information content (AvgIpc) is 3.34. The van der Waals surface area contributed by atoms with Crippen molar-refractivity contribution in [1.82, 2.24) is 24.1 Å². The molecular weight excluding hydrogens is 408 g/mol. The lowest BCUT2D eigenvalue weighted by Crippen LogP contribution is -2.49. The minimum atomic E-state index is -3.70. The summed E-state index contributed by atoms with van der Waals surface area (Å²) in [6.07, 6.45) is 4.97. The molecule has 10 nitrogen and oxygen atoms in total. The normalized spacial score (nSPS) is 15.2. The van der Waals surface area contributed by atoms with Crippen LogP contribution in [0.15, 0.2) is 53.9 Å². The molecule has 30 heavy (non-hydrogen) atoms. The van der Waals surface area contributed by atoms with Gasteiger partial charge in [-0.25, -0.2) is 23.1 Å². The van der Waals surface area contributed by atoms with Gasteiger partial charge in [-0.2, -0.15) is 9.40 Å². The molecule has 0 spiro atoms. The molecule has 0 unspecified atom stereocenters. The van der Waals surface area contributed by atoms with Gasteiger partial charge in [0.05, 0.1) is 14.2 Å². The van der Waals surface area contributed by atoms with E-state index < -0.39 is 10.0 Å². The van der Waals surface area contributed by atoms with Crippen LogP contribution in [0.1, 0.15) is 0 Å². The van der Waals surface area contributed by atoms with Gasteiger partial charge in [-0.05, 0) is 18.2 Å². The highest BCUT2D eigenvalue weighted by Gasteiger charge is 2.31. The molecule has 4 rings (SSSR count). The third-order valence-corrected chi connectivity index (χ3v) is 6.87. The Labute approximate surface area is 174 Å². The molecular formula is C19H22N6O4S. The standard InChI is InChI=1S/C19H22N6O4S/c1-28-15-4-5-17(16(12-15)29-2)30(26,27)24-10-8-23(9-11-24)18-13-19(21-14-20-18)25-7-3-6-22-25/h3-7,12-14H,8-11H2,1-2H3. The Morgan fingerprint density at radius 3 is 2.40 bits per heavy atom. The van der Waals surface area contributed by atoms with Crippen molar-refractivity contribution >= 4 is 15.8 Å². The van der Waals surface area contributed by atoms with Crippen LogP contribution in [-0.4, -0.2) is 72.9 Å². The number of anilines is 1. The number of ether oxygens (including phenoxy) is 2. The van der Waals surface area contributed by atoms with Crippen molar-refractivity contribution in [3.63, 3.8) is 0 Å². The van der Waals surface area contributed by atoms with Gasteiger partial charge in [-0.1, -0.05) is 0 Å². The number of benzene rings is 1. The van der Waals surface area contributed by atoms with Gasteiger partial charge < -0.3 is 14.4 Å². The Morgan fingerprint density at radius 2 is 1.73 bits per heavy atom. The van der Waals surface area contributed by atoms with Crippen LogP contribution in [0.4, 0.5) is 5.82 Å². The Hall–Kier alpha value is -3.18. The Kier molecular flexibility index (Phi) is 5.55. The maximum atomic E-state index is 13.2.